The number of rotatable bonds is 2. The second kappa shape index (κ2) is 4.02. The first kappa shape index (κ1) is 11.1. The molecule has 0 spiro atoms. The van der Waals surface area contributed by atoms with Gasteiger partial charge in [0.15, 0.2) is 5.11 Å². The van der Waals surface area contributed by atoms with Gasteiger partial charge in [0.1, 0.15) is 5.82 Å². The molecule has 1 rings (SSSR count). The van der Waals surface area contributed by atoms with Gasteiger partial charge in [0.2, 0.25) is 0 Å². The Balaban J connectivity index is 3.15. The molecule has 0 aliphatic carbocycles. The van der Waals surface area contributed by atoms with Crippen LogP contribution >= 0.6 is 20.0 Å². The summed E-state index contributed by atoms with van der Waals surface area (Å²) in [7, 11) is -4.55. The van der Waals surface area contributed by atoms with Gasteiger partial charge in [0.25, 0.3) is 0 Å². The highest BCUT2D eigenvalue weighted by Crippen LogP contribution is 2.42. The van der Waals surface area contributed by atoms with E-state index in [1.165, 1.54) is 12.3 Å². The molecule has 0 amide bonds. The van der Waals surface area contributed by atoms with Crippen LogP contribution in [0.3, 0.4) is 0 Å². The average Bonchev–Trinajstić information content (AvgIpc) is 2.02. The van der Waals surface area contributed by atoms with Gasteiger partial charge in [0.05, 0.1) is 0 Å². The van der Waals surface area contributed by atoms with Crippen molar-refractivity contribution < 1.29 is 14.4 Å². The van der Waals surface area contributed by atoms with Crippen LogP contribution in [0.2, 0.25) is 0 Å². The molecule has 0 aromatic carbocycles. The number of anilines is 1. The molecule has 0 fully saturated rings. The second-order valence-corrected chi connectivity index (χ2v) is 4.20. The fourth-order valence-electron chi connectivity index (χ4n) is 0.854. The summed E-state index contributed by atoms with van der Waals surface area (Å²) in [5.74, 6) is 0.0216. The van der Waals surface area contributed by atoms with Crippen LogP contribution in [0.1, 0.15) is 0 Å². The summed E-state index contributed by atoms with van der Waals surface area (Å²) in [5, 5.41) is -0.419. The quantitative estimate of drug-likeness (QED) is 0.496. The standard InChI is InChI=1S/C6H8N3O3PS/c7-6(14)9(13(10,11)12)5-3-1-2-4-8-5/h1-4H,(H2,7,14)(H2,10,11,12). The molecule has 0 aliphatic heterocycles. The Labute approximate surface area is 85.6 Å². The number of nitrogens with two attached hydrogens (primary N) is 1. The summed E-state index contributed by atoms with van der Waals surface area (Å²) in [6, 6.07) is 4.59. The van der Waals surface area contributed by atoms with Crippen molar-refractivity contribution >= 4 is 30.9 Å². The summed E-state index contributed by atoms with van der Waals surface area (Å²) in [6.07, 6.45) is 1.39. The van der Waals surface area contributed by atoms with E-state index in [4.69, 9.17) is 15.5 Å². The zero-order valence-electron chi connectivity index (χ0n) is 6.94. The summed E-state index contributed by atoms with van der Waals surface area (Å²) in [4.78, 5) is 21.6. The smallest absolute Gasteiger partial charge is 0.375 e. The van der Waals surface area contributed by atoms with Crippen molar-refractivity contribution in [1.29, 1.82) is 0 Å². The third-order valence-corrected chi connectivity index (χ3v) is 2.59. The van der Waals surface area contributed by atoms with Gasteiger partial charge in [0, 0.05) is 6.20 Å². The normalized spacial score (nSPS) is 11.0. The van der Waals surface area contributed by atoms with Crippen LogP contribution < -0.4 is 10.4 Å². The molecule has 0 saturated heterocycles. The van der Waals surface area contributed by atoms with Crippen LogP contribution in [-0.4, -0.2) is 19.9 Å². The molecule has 76 valence electrons. The van der Waals surface area contributed by atoms with Gasteiger partial charge >= 0.3 is 7.75 Å². The Bertz CT molecular complexity index is 379. The Kier molecular flexibility index (Phi) is 3.17. The van der Waals surface area contributed by atoms with E-state index in [9.17, 15) is 4.57 Å². The van der Waals surface area contributed by atoms with Crippen molar-refractivity contribution in [3.05, 3.63) is 24.4 Å². The first-order chi connectivity index (χ1) is 6.43. The topological polar surface area (TPSA) is 99.7 Å². The highest BCUT2D eigenvalue weighted by atomic mass is 32.1. The van der Waals surface area contributed by atoms with Crippen LogP contribution in [0, 0.1) is 0 Å². The first-order valence-electron chi connectivity index (χ1n) is 3.49. The van der Waals surface area contributed by atoms with Gasteiger partial charge in [-0.2, -0.15) is 0 Å². The van der Waals surface area contributed by atoms with Crippen molar-refractivity contribution in [2.75, 3.05) is 4.67 Å². The summed E-state index contributed by atoms with van der Waals surface area (Å²) in [5.41, 5.74) is 5.18. The van der Waals surface area contributed by atoms with E-state index >= 15 is 0 Å². The average molecular weight is 233 g/mol. The fraction of sp³-hybridized carbons (Fsp3) is 0. The molecule has 0 bridgehead atoms. The van der Waals surface area contributed by atoms with Crippen LogP contribution in [0.5, 0.6) is 0 Å². The van der Waals surface area contributed by atoms with Gasteiger partial charge in [-0.25, -0.2) is 14.2 Å². The van der Waals surface area contributed by atoms with Crippen molar-refractivity contribution in [3.63, 3.8) is 0 Å². The number of aromatic nitrogens is 1. The molecule has 0 radical (unpaired) electrons. The molecule has 0 saturated carbocycles. The van der Waals surface area contributed by atoms with Gasteiger partial charge in [-0.15, -0.1) is 0 Å². The molecule has 1 aromatic rings. The third kappa shape index (κ3) is 2.49. The molecule has 1 aromatic heterocycles. The van der Waals surface area contributed by atoms with E-state index in [0.29, 0.717) is 4.67 Å². The Morgan fingerprint density at radius 2 is 2.21 bits per heavy atom. The molecule has 0 atom stereocenters. The van der Waals surface area contributed by atoms with Crippen LogP contribution in [-0.2, 0) is 4.57 Å². The highest BCUT2D eigenvalue weighted by Gasteiger charge is 2.29. The zero-order valence-corrected chi connectivity index (χ0v) is 8.65. The first-order valence-corrected chi connectivity index (χ1v) is 5.47. The molecule has 4 N–H and O–H groups in total. The molecule has 0 unspecified atom stereocenters. The Hall–Kier alpha value is -1.01. The molecule has 14 heavy (non-hydrogen) atoms. The second-order valence-electron chi connectivity index (χ2n) is 2.35. The lowest BCUT2D eigenvalue weighted by Crippen LogP contribution is -2.33. The third-order valence-electron chi connectivity index (χ3n) is 1.34. The van der Waals surface area contributed by atoms with E-state index in [1.54, 1.807) is 12.1 Å². The number of hydrogen-bond acceptors (Lipinski definition) is 3. The maximum absolute atomic E-state index is 11.0. The molecule has 6 nitrogen and oxygen atoms in total. The lowest BCUT2D eigenvalue weighted by atomic mass is 10.5. The number of thiocarbonyl (C=S) groups is 1. The van der Waals surface area contributed by atoms with E-state index < -0.39 is 12.9 Å². The molecular weight excluding hydrogens is 225 g/mol. The monoisotopic (exact) mass is 233 g/mol. The van der Waals surface area contributed by atoms with Gasteiger partial charge in [-0.1, -0.05) is 6.07 Å². The zero-order chi connectivity index (χ0) is 10.8. The Morgan fingerprint density at radius 1 is 1.57 bits per heavy atom. The van der Waals surface area contributed by atoms with Crippen molar-refractivity contribution in [3.8, 4) is 0 Å². The summed E-state index contributed by atoms with van der Waals surface area (Å²) in [6.45, 7) is 0. The summed E-state index contributed by atoms with van der Waals surface area (Å²) < 4.78 is 11.5. The SMILES string of the molecule is NC(=S)N(c1ccccn1)P(=O)(O)O. The van der Waals surface area contributed by atoms with Gasteiger partial charge in [-0.3, -0.25) is 0 Å². The predicted molar refractivity (Wildman–Crippen MR) is 55.5 cm³/mol. The minimum Gasteiger partial charge on any atom is -0.375 e. The lowest BCUT2D eigenvalue weighted by Gasteiger charge is -2.21. The van der Waals surface area contributed by atoms with Gasteiger partial charge < -0.3 is 15.5 Å². The van der Waals surface area contributed by atoms with Gasteiger partial charge in [-0.05, 0) is 24.4 Å². The maximum Gasteiger partial charge on any atom is 0.437 e. The van der Waals surface area contributed by atoms with Crippen LogP contribution in [0.4, 0.5) is 5.82 Å². The van der Waals surface area contributed by atoms with E-state index in [2.05, 4.69) is 17.2 Å². The van der Waals surface area contributed by atoms with Crippen LogP contribution in [0.25, 0.3) is 0 Å². The number of hydrogen-bond donors (Lipinski definition) is 3. The van der Waals surface area contributed by atoms with E-state index in [1.807, 2.05) is 0 Å². The van der Waals surface area contributed by atoms with E-state index in [-0.39, 0.29) is 5.82 Å². The van der Waals surface area contributed by atoms with Crippen LogP contribution in [0.15, 0.2) is 24.4 Å². The molecule has 0 aliphatic rings. The molecular formula is C6H8N3O3PS. The minimum atomic E-state index is -4.55. The largest absolute Gasteiger partial charge is 0.437 e. The molecule has 8 heteroatoms. The Morgan fingerprint density at radius 3 is 2.57 bits per heavy atom. The minimum absolute atomic E-state index is 0.0216. The molecule has 1 heterocycles. The fourth-order valence-corrected chi connectivity index (χ4v) is 1.91. The van der Waals surface area contributed by atoms with Crippen molar-refractivity contribution in [1.82, 2.24) is 4.98 Å². The number of pyridine rings is 1. The number of nitrogens with zero attached hydrogens (tertiary/aromatic N) is 2. The predicted octanol–water partition coefficient (Wildman–Crippen LogP) is 0.224. The van der Waals surface area contributed by atoms with E-state index in [0.717, 1.165) is 0 Å². The van der Waals surface area contributed by atoms with Crippen molar-refractivity contribution in [2.24, 2.45) is 5.73 Å². The maximum atomic E-state index is 11.0. The lowest BCUT2D eigenvalue weighted by molar-refractivity contribution is 0.374. The summed E-state index contributed by atoms with van der Waals surface area (Å²) >= 11 is 4.52. The highest BCUT2D eigenvalue weighted by molar-refractivity contribution is 7.81. The van der Waals surface area contributed by atoms with Crippen molar-refractivity contribution in [2.45, 2.75) is 0 Å².